The third-order valence-electron chi connectivity index (χ3n) is 3.53. The van der Waals surface area contributed by atoms with E-state index in [-0.39, 0.29) is 5.91 Å². The van der Waals surface area contributed by atoms with Gasteiger partial charge in [-0.15, -0.1) is 0 Å². The fourth-order valence-electron chi connectivity index (χ4n) is 2.04. The molecule has 3 N–H and O–H groups in total. The molecule has 22 heavy (non-hydrogen) atoms. The van der Waals surface area contributed by atoms with Crippen LogP contribution in [0.2, 0.25) is 0 Å². The van der Waals surface area contributed by atoms with Crippen molar-refractivity contribution in [1.29, 1.82) is 0 Å². The molecule has 1 aliphatic carbocycles. The number of hydrogen-bond acceptors (Lipinski definition) is 2. The molecule has 1 aliphatic rings. The number of aliphatic imine (C=N–C) groups is 1. The molecule has 1 aromatic carbocycles. The number of guanidine groups is 1. The van der Waals surface area contributed by atoms with E-state index in [1.54, 1.807) is 0 Å². The Kier molecular flexibility index (Phi) is 6.74. The van der Waals surface area contributed by atoms with E-state index >= 15 is 0 Å². The molecule has 1 saturated carbocycles. The van der Waals surface area contributed by atoms with Gasteiger partial charge in [0.2, 0.25) is 5.91 Å². The SMILES string of the molecule is CCNC(=NCC1CC1)NCCC(=O)NCc1ccccc1. The van der Waals surface area contributed by atoms with Crippen molar-refractivity contribution in [2.24, 2.45) is 10.9 Å². The zero-order valence-corrected chi connectivity index (χ0v) is 13.3. The van der Waals surface area contributed by atoms with Crippen molar-refractivity contribution in [3.05, 3.63) is 35.9 Å². The number of carbonyl (C=O) groups is 1. The average Bonchev–Trinajstić information content (AvgIpc) is 3.36. The summed E-state index contributed by atoms with van der Waals surface area (Å²) >= 11 is 0. The summed E-state index contributed by atoms with van der Waals surface area (Å²) in [5, 5.41) is 9.34. The Bertz CT molecular complexity index is 483. The number of amides is 1. The number of benzene rings is 1. The summed E-state index contributed by atoms with van der Waals surface area (Å²) in [5.74, 6) is 1.63. The smallest absolute Gasteiger partial charge is 0.222 e. The summed E-state index contributed by atoms with van der Waals surface area (Å²) in [4.78, 5) is 16.3. The molecule has 1 amide bonds. The van der Waals surface area contributed by atoms with Gasteiger partial charge in [-0.25, -0.2) is 0 Å². The summed E-state index contributed by atoms with van der Waals surface area (Å²) in [7, 11) is 0. The molecule has 0 bridgehead atoms. The van der Waals surface area contributed by atoms with Gasteiger partial charge in [0, 0.05) is 32.6 Å². The molecule has 0 atom stereocenters. The van der Waals surface area contributed by atoms with Crippen LogP contribution in [0.25, 0.3) is 0 Å². The molecule has 120 valence electrons. The number of nitrogens with zero attached hydrogens (tertiary/aromatic N) is 1. The third kappa shape index (κ3) is 6.61. The fraction of sp³-hybridized carbons (Fsp3) is 0.529. The van der Waals surface area contributed by atoms with Crippen molar-refractivity contribution < 1.29 is 4.79 Å². The average molecular weight is 302 g/mol. The van der Waals surface area contributed by atoms with Crippen LogP contribution < -0.4 is 16.0 Å². The van der Waals surface area contributed by atoms with Gasteiger partial charge in [0.15, 0.2) is 5.96 Å². The Morgan fingerprint density at radius 2 is 1.95 bits per heavy atom. The highest BCUT2D eigenvalue weighted by molar-refractivity contribution is 5.81. The zero-order valence-electron chi connectivity index (χ0n) is 13.3. The maximum absolute atomic E-state index is 11.8. The predicted molar refractivity (Wildman–Crippen MR) is 89.6 cm³/mol. The van der Waals surface area contributed by atoms with Gasteiger partial charge in [-0.05, 0) is 31.2 Å². The van der Waals surface area contributed by atoms with E-state index < -0.39 is 0 Å². The van der Waals surface area contributed by atoms with Crippen LogP contribution in [0.4, 0.5) is 0 Å². The quantitative estimate of drug-likeness (QED) is 0.505. The summed E-state index contributed by atoms with van der Waals surface area (Å²) in [6, 6.07) is 9.93. The van der Waals surface area contributed by atoms with E-state index in [1.165, 1.54) is 12.8 Å². The normalized spacial score (nSPS) is 14.5. The predicted octanol–water partition coefficient (Wildman–Crippen LogP) is 1.66. The molecule has 0 aliphatic heterocycles. The van der Waals surface area contributed by atoms with Crippen LogP contribution in [0.15, 0.2) is 35.3 Å². The number of hydrogen-bond donors (Lipinski definition) is 3. The second kappa shape index (κ2) is 9.07. The Labute approximate surface area is 132 Å². The first-order valence-electron chi connectivity index (χ1n) is 8.10. The molecule has 0 heterocycles. The van der Waals surface area contributed by atoms with Gasteiger partial charge >= 0.3 is 0 Å². The van der Waals surface area contributed by atoms with Crippen LogP contribution in [-0.4, -0.2) is 31.5 Å². The third-order valence-corrected chi connectivity index (χ3v) is 3.53. The van der Waals surface area contributed by atoms with E-state index in [4.69, 9.17) is 0 Å². The Hall–Kier alpha value is -2.04. The highest BCUT2D eigenvalue weighted by atomic mass is 16.1. The molecule has 5 nitrogen and oxygen atoms in total. The van der Waals surface area contributed by atoms with Crippen molar-refractivity contribution in [1.82, 2.24) is 16.0 Å². The second-order valence-corrected chi connectivity index (χ2v) is 5.60. The minimum Gasteiger partial charge on any atom is -0.357 e. The zero-order chi connectivity index (χ0) is 15.6. The van der Waals surface area contributed by atoms with Crippen molar-refractivity contribution in [3.63, 3.8) is 0 Å². The summed E-state index contributed by atoms with van der Waals surface area (Å²) in [5.41, 5.74) is 1.11. The van der Waals surface area contributed by atoms with Crippen molar-refractivity contribution >= 4 is 11.9 Å². The largest absolute Gasteiger partial charge is 0.357 e. The topological polar surface area (TPSA) is 65.5 Å². The van der Waals surface area contributed by atoms with Crippen LogP contribution >= 0.6 is 0 Å². The highest BCUT2D eigenvalue weighted by Crippen LogP contribution is 2.28. The number of carbonyl (C=O) groups excluding carboxylic acids is 1. The van der Waals surface area contributed by atoms with E-state index in [1.807, 2.05) is 37.3 Å². The van der Waals surface area contributed by atoms with Gasteiger partial charge in [0.1, 0.15) is 0 Å². The molecule has 1 fully saturated rings. The first-order chi connectivity index (χ1) is 10.8. The van der Waals surface area contributed by atoms with E-state index in [0.29, 0.717) is 19.5 Å². The standard InChI is InChI=1S/C17H26N4O/c1-2-18-17(21-13-15-8-9-15)19-11-10-16(22)20-12-14-6-4-3-5-7-14/h3-7,15H,2,8-13H2,1H3,(H,20,22)(H2,18,19,21). The monoisotopic (exact) mass is 302 g/mol. The van der Waals surface area contributed by atoms with E-state index in [0.717, 1.165) is 30.5 Å². The maximum Gasteiger partial charge on any atom is 0.222 e. The first kappa shape index (κ1) is 16.3. The molecule has 0 saturated heterocycles. The van der Waals surface area contributed by atoms with Gasteiger partial charge in [0.05, 0.1) is 0 Å². The van der Waals surface area contributed by atoms with Gasteiger partial charge in [-0.1, -0.05) is 30.3 Å². The molecular formula is C17H26N4O. The van der Waals surface area contributed by atoms with Crippen molar-refractivity contribution in [2.45, 2.75) is 32.7 Å². The fourth-order valence-corrected chi connectivity index (χ4v) is 2.04. The molecule has 1 aromatic rings. The van der Waals surface area contributed by atoms with Gasteiger partial charge < -0.3 is 16.0 Å². The van der Waals surface area contributed by atoms with Crippen molar-refractivity contribution in [3.8, 4) is 0 Å². The number of rotatable bonds is 8. The minimum absolute atomic E-state index is 0.0504. The first-order valence-corrected chi connectivity index (χ1v) is 8.10. The van der Waals surface area contributed by atoms with Crippen LogP contribution in [0.3, 0.4) is 0 Å². The summed E-state index contributed by atoms with van der Waals surface area (Å²) in [6.07, 6.45) is 3.04. The molecule has 2 rings (SSSR count). The van der Waals surface area contributed by atoms with E-state index in [2.05, 4.69) is 20.9 Å². The van der Waals surface area contributed by atoms with Crippen LogP contribution in [0.5, 0.6) is 0 Å². The summed E-state index contributed by atoms with van der Waals surface area (Å²) in [6.45, 7) is 4.93. The van der Waals surface area contributed by atoms with Crippen LogP contribution in [0.1, 0.15) is 31.7 Å². The molecule has 0 aromatic heterocycles. The lowest BCUT2D eigenvalue weighted by Gasteiger charge is -2.11. The Morgan fingerprint density at radius 1 is 1.18 bits per heavy atom. The van der Waals surface area contributed by atoms with Gasteiger partial charge in [-0.3, -0.25) is 9.79 Å². The lowest BCUT2D eigenvalue weighted by molar-refractivity contribution is -0.121. The summed E-state index contributed by atoms with van der Waals surface area (Å²) < 4.78 is 0. The second-order valence-electron chi connectivity index (χ2n) is 5.60. The number of nitrogens with one attached hydrogen (secondary N) is 3. The molecular weight excluding hydrogens is 276 g/mol. The highest BCUT2D eigenvalue weighted by Gasteiger charge is 2.20. The molecule has 0 radical (unpaired) electrons. The van der Waals surface area contributed by atoms with E-state index in [9.17, 15) is 4.79 Å². The van der Waals surface area contributed by atoms with Crippen LogP contribution in [-0.2, 0) is 11.3 Å². The maximum atomic E-state index is 11.8. The lowest BCUT2D eigenvalue weighted by Crippen LogP contribution is -2.39. The molecule has 5 heteroatoms. The van der Waals surface area contributed by atoms with Gasteiger partial charge in [0.25, 0.3) is 0 Å². The van der Waals surface area contributed by atoms with Gasteiger partial charge in [-0.2, -0.15) is 0 Å². The van der Waals surface area contributed by atoms with Crippen LogP contribution in [0, 0.1) is 5.92 Å². The van der Waals surface area contributed by atoms with Crippen molar-refractivity contribution in [2.75, 3.05) is 19.6 Å². The molecule has 0 unspecified atom stereocenters. The molecule has 0 spiro atoms. The minimum atomic E-state index is 0.0504. The Morgan fingerprint density at radius 3 is 2.64 bits per heavy atom. The Balaban J connectivity index is 1.63. The lowest BCUT2D eigenvalue weighted by atomic mass is 10.2.